The predicted octanol–water partition coefficient (Wildman–Crippen LogP) is 2.26. The van der Waals surface area contributed by atoms with Gasteiger partial charge in [-0.1, -0.05) is 5.16 Å². The highest BCUT2D eigenvalue weighted by molar-refractivity contribution is 5.85. The van der Waals surface area contributed by atoms with E-state index in [1.807, 2.05) is 0 Å². The number of pyridine rings is 1. The Bertz CT molecular complexity index is 800. The van der Waals surface area contributed by atoms with E-state index in [1.54, 1.807) is 4.90 Å². The second-order valence-electron chi connectivity index (χ2n) is 5.79. The van der Waals surface area contributed by atoms with Crippen LogP contribution in [0.5, 0.6) is 0 Å². The average molecular weight is 374 g/mol. The second kappa shape index (κ2) is 6.90. The maximum Gasteiger partial charge on any atom is 0.401 e. The van der Waals surface area contributed by atoms with Crippen molar-refractivity contribution in [1.82, 2.24) is 15.0 Å². The molecule has 0 bridgehead atoms. The number of rotatable bonds is 4. The minimum Gasteiger partial charge on any atom is -0.475 e. The van der Waals surface area contributed by atoms with Gasteiger partial charge >= 0.3 is 12.1 Å². The molecule has 7 nitrogen and oxygen atoms in total. The van der Waals surface area contributed by atoms with Gasteiger partial charge in [-0.2, -0.15) is 13.2 Å². The van der Waals surface area contributed by atoms with Crippen LogP contribution in [0.1, 0.15) is 10.6 Å². The van der Waals surface area contributed by atoms with Crippen LogP contribution < -0.4 is 4.90 Å². The SMILES string of the molecule is O=C(O)c1cc(-c2cnc(N3CCN(CC(F)(F)F)CC3)c(F)c2)no1. The second-order valence-corrected chi connectivity index (χ2v) is 5.79. The topological polar surface area (TPSA) is 82.7 Å². The maximum atomic E-state index is 14.4. The summed E-state index contributed by atoms with van der Waals surface area (Å²) in [5.74, 6) is -2.33. The molecule has 3 rings (SSSR count). The first-order valence-corrected chi connectivity index (χ1v) is 7.63. The Kier molecular flexibility index (Phi) is 4.81. The monoisotopic (exact) mass is 374 g/mol. The van der Waals surface area contributed by atoms with Crippen LogP contribution in [0.3, 0.4) is 0 Å². The molecule has 1 saturated heterocycles. The smallest absolute Gasteiger partial charge is 0.401 e. The summed E-state index contributed by atoms with van der Waals surface area (Å²) >= 11 is 0. The molecule has 11 heteroatoms. The van der Waals surface area contributed by atoms with E-state index in [-0.39, 0.29) is 49.0 Å². The van der Waals surface area contributed by atoms with Crippen molar-refractivity contribution in [3.63, 3.8) is 0 Å². The van der Waals surface area contributed by atoms with Gasteiger partial charge in [0.05, 0.1) is 6.54 Å². The zero-order valence-corrected chi connectivity index (χ0v) is 13.3. The van der Waals surface area contributed by atoms with Crippen molar-refractivity contribution in [2.75, 3.05) is 37.6 Å². The lowest BCUT2D eigenvalue weighted by Gasteiger charge is -2.35. The molecule has 0 amide bonds. The van der Waals surface area contributed by atoms with E-state index >= 15 is 0 Å². The van der Waals surface area contributed by atoms with Crippen LogP contribution in [0, 0.1) is 5.82 Å². The first kappa shape index (κ1) is 18.1. The Morgan fingerprint density at radius 2 is 1.92 bits per heavy atom. The summed E-state index contributed by atoms with van der Waals surface area (Å²) < 4.78 is 56.2. The number of carboxylic acid groups (broad SMARTS) is 1. The van der Waals surface area contributed by atoms with Crippen molar-refractivity contribution < 1.29 is 32.0 Å². The molecule has 1 fully saturated rings. The van der Waals surface area contributed by atoms with E-state index in [1.165, 1.54) is 11.1 Å². The molecule has 3 heterocycles. The number of carbonyl (C=O) groups is 1. The Hall–Kier alpha value is -2.69. The number of aromatic nitrogens is 2. The van der Waals surface area contributed by atoms with E-state index in [0.717, 1.165) is 12.1 Å². The molecule has 1 aliphatic rings. The van der Waals surface area contributed by atoms with Gasteiger partial charge in [0.25, 0.3) is 0 Å². The Labute approximate surface area is 144 Å². The number of anilines is 1. The molecule has 0 spiro atoms. The van der Waals surface area contributed by atoms with Crippen molar-refractivity contribution in [1.29, 1.82) is 0 Å². The zero-order valence-electron chi connectivity index (χ0n) is 13.3. The molecule has 0 radical (unpaired) electrons. The van der Waals surface area contributed by atoms with Gasteiger partial charge in [-0.25, -0.2) is 14.2 Å². The first-order valence-electron chi connectivity index (χ1n) is 7.63. The fourth-order valence-electron chi connectivity index (χ4n) is 2.69. The first-order chi connectivity index (χ1) is 12.2. The Morgan fingerprint density at radius 1 is 1.23 bits per heavy atom. The van der Waals surface area contributed by atoms with Crippen molar-refractivity contribution in [2.45, 2.75) is 6.18 Å². The summed E-state index contributed by atoms with van der Waals surface area (Å²) in [5, 5.41) is 12.3. The molecule has 1 N–H and O–H groups in total. The average Bonchev–Trinajstić information content (AvgIpc) is 3.04. The van der Waals surface area contributed by atoms with Gasteiger partial charge in [0, 0.05) is 44.0 Å². The predicted molar refractivity (Wildman–Crippen MR) is 81.4 cm³/mol. The van der Waals surface area contributed by atoms with Crippen LogP contribution in [0.2, 0.25) is 0 Å². The zero-order chi connectivity index (χ0) is 18.9. The number of carboxylic acids is 1. The number of hydrogen-bond donors (Lipinski definition) is 1. The standard InChI is InChI=1S/C15H14F4N4O3/c16-10-5-9(11-6-12(14(24)25)26-21-11)7-20-13(10)23-3-1-22(2-4-23)8-15(17,18)19/h5-7H,1-4,8H2,(H,24,25). The van der Waals surface area contributed by atoms with Crippen molar-refractivity contribution in [3.05, 3.63) is 29.9 Å². The molecule has 2 aromatic heterocycles. The van der Waals surface area contributed by atoms with Crippen LogP contribution in [0.25, 0.3) is 11.3 Å². The van der Waals surface area contributed by atoms with E-state index < -0.39 is 24.5 Å². The number of alkyl halides is 3. The van der Waals surface area contributed by atoms with E-state index in [4.69, 9.17) is 5.11 Å². The molecule has 0 saturated carbocycles. The molecule has 1 aliphatic heterocycles. The lowest BCUT2D eigenvalue weighted by Crippen LogP contribution is -2.49. The van der Waals surface area contributed by atoms with Gasteiger partial charge in [0.1, 0.15) is 5.69 Å². The van der Waals surface area contributed by atoms with Gasteiger partial charge < -0.3 is 14.5 Å². The lowest BCUT2D eigenvalue weighted by molar-refractivity contribution is -0.146. The molecular weight excluding hydrogens is 360 g/mol. The molecule has 0 atom stereocenters. The van der Waals surface area contributed by atoms with Gasteiger partial charge in [-0.3, -0.25) is 4.90 Å². The molecule has 26 heavy (non-hydrogen) atoms. The lowest BCUT2D eigenvalue weighted by atomic mass is 10.2. The normalized spacial score (nSPS) is 16.1. The highest BCUT2D eigenvalue weighted by atomic mass is 19.4. The fraction of sp³-hybridized carbons (Fsp3) is 0.400. The van der Waals surface area contributed by atoms with E-state index in [0.29, 0.717) is 0 Å². The fourth-order valence-corrected chi connectivity index (χ4v) is 2.69. The molecular formula is C15H14F4N4O3. The highest BCUT2D eigenvalue weighted by Crippen LogP contribution is 2.25. The van der Waals surface area contributed by atoms with Crippen molar-refractivity contribution >= 4 is 11.8 Å². The minimum atomic E-state index is -4.26. The number of halogens is 4. The molecule has 0 aromatic carbocycles. The quantitative estimate of drug-likeness (QED) is 0.822. The third-order valence-corrected chi connectivity index (χ3v) is 3.91. The van der Waals surface area contributed by atoms with Crippen LogP contribution in [0.4, 0.5) is 23.4 Å². The van der Waals surface area contributed by atoms with Gasteiger partial charge in [-0.05, 0) is 6.07 Å². The van der Waals surface area contributed by atoms with Crippen LogP contribution in [0.15, 0.2) is 22.9 Å². The van der Waals surface area contributed by atoms with Gasteiger partial charge in [0.15, 0.2) is 11.6 Å². The van der Waals surface area contributed by atoms with E-state index in [9.17, 15) is 22.4 Å². The van der Waals surface area contributed by atoms with Crippen LogP contribution in [-0.4, -0.2) is 65.0 Å². The molecule has 0 aliphatic carbocycles. The molecule has 0 unspecified atom stereocenters. The Balaban J connectivity index is 1.69. The van der Waals surface area contributed by atoms with E-state index in [2.05, 4.69) is 14.7 Å². The van der Waals surface area contributed by atoms with Crippen LogP contribution in [-0.2, 0) is 0 Å². The summed E-state index contributed by atoms with van der Waals surface area (Å²) in [7, 11) is 0. The summed E-state index contributed by atoms with van der Waals surface area (Å²) in [6.45, 7) is -0.270. The summed E-state index contributed by atoms with van der Waals surface area (Å²) in [5.41, 5.74) is 0.355. The Morgan fingerprint density at radius 3 is 2.46 bits per heavy atom. The summed E-state index contributed by atoms with van der Waals surface area (Å²) in [6, 6.07) is 2.28. The number of aromatic carboxylic acids is 1. The van der Waals surface area contributed by atoms with Crippen LogP contribution >= 0.6 is 0 Å². The van der Waals surface area contributed by atoms with Gasteiger partial charge in [0.2, 0.25) is 5.76 Å². The number of nitrogens with zero attached hydrogens (tertiary/aromatic N) is 4. The third kappa shape index (κ3) is 4.10. The van der Waals surface area contributed by atoms with Crippen molar-refractivity contribution in [3.8, 4) is 11.3 Å². The summed E-state index contributed by atoms with van der Waals surface area (Å²) in [6.07, 6.45) is -2.95. The molecule has 140 valence electrons. The van der Waals surface area contributed by atoms with Crippen molar-refractivity contribution in [2.24, 2.45) is 0 Å². The minimum absolute atomic E-state index is 0.0300. The third-order valence-electron chi connectivity index (χ3n) is 3.91. The maximum absolute atomic E-state index is 14.4. The number of piperazine rings is 1. The largest absolute Gasteiger partial charge is 0.475 e. The number of hydrogen-bond acceptors (Lipinski definition) is 6. The van der Waals surface area contributed by atoms with Gasteiger partial charge in [-0.15, -0.1) is 0 Å². The molecule has 2 aromatic rings. The summed E-state index contributed by atoms with van der Waals surface area (Å²) in [4.78, 5) is 17.6. The highest BCUT2D eigenvalue weighted by Gasteiger charge is 2.32.